The lowest BCUT2D eigenvalue weighted by Gasteiger charge is -2.34. The summed E-state index contributed by atoms with van der Waals surface area (Å²) in [5.41, 5.74) is 1.24. The third-order valence-corrected chi connectivity index (χ3v) is 6.42. The van der Waals surface area contributed by atoms with E-state index in [1.54, 1.807) is 0 Å². The van der Waals surface area contributed by atoms with Gasteiger partial charge in [-0.05, 0) is 24.1 Å². The van der Waals surface area contributed by atoms with Crippen molar-refractivity contribution in [1.82, 2.24) is 10.2 Å². The van der Waals surface area contributed by atoms with Gasteiger partial charge in [-0.3, -0.25) is 9.69 Å². The van der Waals surface area contributed by atoms with Gasteiger partial charge in [0.05, 0.1) is 32.5 Å². The Morgan fingerprint density at radius 1 is 1.19 bits per heavy atom. The molecule has 3 aliphatic rings. The molecule has 2 saturated heterocycles. The van der Waals surface area contributed by atoms with Crippen LogP contribution in [0.15, 0.2) is 18.2 Å². The maximum Gasteiger partial charge on any atom is 0.275 e. The van der Waals surface area contributed by atoms with Crippen molar-refractivity contribution in [2.75, 3.05) is 59.1 Å². The van der Waals surface area contributed by atoms with E-state index in [2.05, 4.69) is 36.2 Å². The third-order valence-electron chi connectivity index (χ3n) is 6.42. The zero-order valence-corrected chi connectivity index (χ0v) is 19.0. The number of carbonyl (C=O) groups excluding carboxylic acids is 1. The van der Waals surface area contributed by atoms with Crippen LogP contribution in [0, 0.1) is 5.92 Å². The lowest BCUT2D eigenvalue weighted by Crippen LogP contribution is -3.11. The van der Waals surface area contributed by atoms with Crippen LogP contribution < -0.4 is 19.7 Å². The van der Waals surface area contributed by atoms with Gasteiger partial charge in [0.25, 0.3) is 5.91 Å². The number of likely N-dealkylation sites (tertiary alicyclic amines) is 1. The molecule has 4 rings (SSSR count). The molecule has 31 heavy (non-hydrogen) atoms. The van der Waals surface area contributed by atoms with E-state index in [9.17, 15) is 4.79 Å². The van der Waals surface area contributed by atoms with Gasteiger partial charge in [0, 0.05) is 51.0 Å². The fraction of sp³-hybridized carbons (Fsp3) is 0.708. The van der Waals surface area contributed by atoms with E-state index in [1.165, 1.54) is 10.5 Å². The molecule has 1 aromatic carbocycles. The van der Waals surface area contributed by atoms with Crippen molar-refractivity contribution in [2.45, 2.75) is 45.3 Å². The van der Waals surface area contributed by atoms with Crippen molar-refractivity contribution in [3.05, 3.63) is 23.8 Å². The van der Waals surface area contributed by atoms with Gasteiger partial charge in [0.2, 0.25) is 0 Å². The largest absolute Gasteiger partial charge is 0.490 e. The van der Waals surface area contributed by atoms with Crippen LogP contribution in [0.4, 0.5) is 0 Å². The van der Waals surface area contributed by atoms with Crippen molar-refractivity contribution in [1.29, 1.82) is 0 Å². The van der Waals surface area contributed by atoms with Crippen LogP contribution in [0.25, 0.3) is 0 Å². The average molecular weight is 433 g/mol. The first-order valence-electron chi connectivity index (χ1n) is 11.9. The molecule has 7 nitrogen and oxygen atoms in total. The number of carbonyl (C=O) groups is 1. The summed E-state index contributed by atoms with van der Waals surface area (Å²) in [5, 5.41) is 3.13. The van der Waals surface area contributed by atoms with Gasteiger partial charge in [0.1, 0.15) is 6.04 Å². The number of nitrogens with zero attached hydrogens (tertiary/aromatic N) is 1. The molecule has 0 aromatic heterocycles. The zero-order valence-electron chi connectivity index (χ0n) is 19.0. The van der Waals surface area contributed by atoms with E-state index >= 15 is 0 Å². The first kappa shape index (κ1) is 22.4. The number of ether oxygens (including phenoxy) is 3. The molecule has 1 amide bonds. The van der Waals surface area contributed by atoms with Gasteiger partial charge >= 0.3 is 0 Å². The lowest BCUT2D eigenvalue weighted by molar-refractivity contribution is -0.910. The highest BCUT2D eigenvalue weighted by atomic mass is 16.5. The highest BCUT2D eigenvalue weighted by Gasteiger charge is 2.32. The number of hydrogen-bond acceptors (Lipinski definition) is 5. The number of morpholine rings is 1. The Kier molecular flexibility index (Phi) is 7.69. The van der Waals surface area contributed by atoms with Crippen LogP contribution in [-0.2, 0) is 9.53 Å². The van der Waals surface area contributed by atoms with Gasteiger partial charge in [-0.15, -0.1) is 0 Å². The maximum atomic E-state index is 12.7. The molecule has 0 radical (unpaired) electrons. The molecule has 0 bridgehead atoms. The van der Waals surface area contributed by atoms with E-state index < -0.39 is 0 Å². The number of rotatable bonds is 7. The summed E-state index contributed by atoms with van der Waals surface area (Å²) in [6.07, 6.45) is 3.23. The predicted octanol–water partition coefficient (Wildman–Crippen LogP) is 1.04. The Balaban J connectivity index is 1.28. The van der Waals surface area contributed by atoms with E-state index in [-0.39, 0.29) is 12.0 Å². The van der Waals surface area contributed by atoms with Crippen molar-refractivity contribution >= 4 is 5.91 Å². The summed E-state index contributed by atoms with van der Waals surface area (Å²) in [6, 6.07) is 6.61. The summed E-state index contributed by atoms with van der Waals surface area (Å²) < 4.78 is 17.5. The minimum atomic E-state index is 0.0857. The molecule has 172 valence electrons. The lowest BCUT2D eigenvalue weighted by atomic mass is 10.0. The maximum absolute atomic E-state index is 12.7. The van der Waals surface area contributed by atoms with Crippen LogP contribution in [-0.4, -0.2) is 76.0 Å². The summed E-state index contributed by atoms with van der Waals surface area (Å²) >= 11 is 0. The molecule has 0 spiro atoms. The van der Waals surface area contributed by atoms with E-state index in [0.717, 1.165) is 63.5 Å². The Labute approximate surface area is 186 Å². The molecule has 3 heterocycles. The first-order valence-corrected chi connectivity index (χ1v) is 11.9. The van der Waals surface area contributed by atoms with Crippen LogP contribution in [0.2, 0.25) is 0 Å². The fourth-order valence-electron chi connectivity index (χ4n) is 5.00. The molecular weight excluding hydrogens is 394 g/mol. The molecule has 2 N–H and O–H groups in total. The van der Waals surface area contributed by atoms with Crippen molar-refractivity contribution < 1.29 is 23.9 Å². The minimum absolute atomic E-state index is 0.0857. The first-order chi connectivity index (χ1) is 15.1. The molecule has 7 heteroatoms. The van der Waals surface area contributed by atoms with Crippen LogP contribution >= 0.6 is 0 Å². The van der Waals surface area contributed by atoms with Crippen LogP contribution in [0.1, 0.15) is 44.7 Å². The average Bonchev–Trinajstić information content (AvgIpc) is 3.07. The highest BCUT2D eigenvalue weighted by Crippen LogP contribution is 2.33. The standard InChI is InChI=1S/C24H37N3O4/c1-18(2)15-26-9-12-29-20(16-26)14-25-24(28)17-27-8-3-5-21(27)19-6-7-22-23(13-19)31-11-4-10-30-22/h6-7,13,18,20-21H,3-5,8-12,14-17H2,1-2H3,(H,25,28)/p+1. The van der Waals surface area contributed by atoms with Gasteiger partial charge in [-0.25, -0.2) is 0 Å². The third kappa shape index (κ3) is 6.11. The van der Waals surface area contributed by atoms with Gasteiger partial charge in [-0.2, -0.15) is 0 Å². The van der Waals surface area contributed by atoms with Crippen molar-refractivity contribution in [2.24, 2.45) is 5.92 Å². The van der Waals surface area contributed by atoms with E-state index in [0.29, 0.717) is 38.3 Å². The molecule has 3 unspecified atom stereocenters. The Hall–Kier alpha value is -1.83. The second-order valence-electron chi connectivity index (χ2n) is 9.49. The number of nitrogens with one attached hydrogen (secondary N) is 2. The highest BCUT2D eigenvalue weighted by molar-refractivity contribution is 5.76. The number of fused-ring (bicyclic) bond motifs is 1. The van der Waals surface area contributed by atoms with E-state index in [1.807, 2.05) is 6.07 Å². The molecular formula is C24H38N3O4+. The monoisotopic (exact) mass is 432 g/mol. The summed E-state index contributed by atoms with van der Waals surface area (Å²) in [6.45, 7) is 11.7. The Bertz CT molecular complexity index is 742. The molecule has 1 aromatic rings. The number of benzene rings is 1. The number of hydrogen-bond donors (Lipinski definition) is 2. The molecule has 3 aliphatic heterocycles. The van der Waals surface area contributed by atoms with Gasteiger partial charge < -0.3 is 24.4 Å². The second-order valence-corrected chi connectivity index (χ2v) is 9.49. The smallest absolute Gasteiger partial charge is 0.275 e. The number of amides is 1. The van der Waals surface area contributed by atoms with Gasteiger partial charge in [-0.1, -0.05) is 13.8 Å². The predicted molar refractivity (Wildman–Crippen MR) is 119 cm³/mol. The Morgan fingerprint density at radius 3 is 2.87 bits per heavy atom. The second kappa shape index (κ2) is 10.7. The van der Waals surface area contributed by atoms with E-state index in [4.69, 9.17) is 14.2 Å². The summed E-state index contributed by atoms with van der Waals surface area (Å²) in [5.74, 6) is 2.43. The quantitative estimate of drug-likeness (QED) is 0.674. The number of quaternary nitrogens is 1. The summed E-state index contributed by atoms with van der Waals surface area (Å²) in [7, 11) is 0. The Morgan fingerprint density at radius 2 is 2.03 bits per heavy atom. The van der Waals surface area contributed by atoms with Crippen molar-refractivity contribution in [3.63, 3.8) is 0 Å². The van der Waals surface area contributed by atoms with Gasteiger partial charge in [0.15, 0.2) is 18.0 Å². The molecule has 0 aliphatic carbocycles. The van der Waals surface area contributed by atoms with Crippen LogP contribution in [0.5, 0.6) is 11.5 Å². The van der Waals surface area contributed by atoms with Crippen LogP contribution in [0.3, 0.4) is 0 Å². The summed E-state index contributed by atoms with van der Waals surface area (Å²) in [4.78, 5) is 16.5. The molecule has 2 fully saturated rings. The minimum Gasteiger partial charge on any atom is -0.490 e. The van der Waals surface area contributed by atoms with Crippen molar-refractivity contribution in [3.8, 4) is 11.5 Å². The molecule has 3 atom stereocenters. The zero-order chi connectivity index (χ0) is 21.6. The molecule has 0 saturated carbocycles. The topological polar surface area (TPSA) is 64.5 Å². The SMILES string of the molecule is CC(C)CN1CCOC(CNC(=O)C[NH+]2CCCC2c2ccc3c(c2)OCCCO3)C1. The normalized spacial score (nSPS) is 26.6. The fourth-order valence-corrected chi connectivity index (χ4v) is 5.00.